The molecule has 0 bridgehead atoms. The van der Waals surface area contributed by atoms with E-state index in [0.29, 0.717) is 0 Å². The van der Waals surface area contributed by atoms with Crippen LogP contribution in [0.25, 0.3) is 66.1 Å². The number of rotatable bonds is 4. The molecule has 228 valence electrons. The molecular formula is C45H31NO2. The summed E-state index contributed by atoms with van der Waals surface area (Å²) >= 11 is 0. The Morgan fingerprint density at radius 2 is 1.00 bits per heavy atom. The molecule has 2 aromatic heterocycles. The average Bonchev–Trinajstić information content (AvgIpc) is 3.76. The summed E-state index contributed by atoms with van der Waals surface area (Å²) < 4.78 is 13.0. The van der Waals surface area contributed by atoms with Crippen molar-refractivity contribution in [3.05, 3.63) is 163 Å². The van der Waals surface area contributed by atoms with Gasteiger partial charge in [0, 0.05) is 55.7 Å². The van der Waals surface area contributed by atoms with Crippen LogP contribution in [0.2, 0.25) is 0 Å². The molecule has 9 aromatic rings. The van der Waals surface area contributed by atoms with E-state index in [1.807, 2.05) is 18.2 Å². The van der Waals surface area contributed by atoms with Crippen LogP contribution in [0.4, 0.5) is 17.1 Å². The van der Waals surface area contributed by atoms with E-state index in [0.717, 1.165) is 60.9 Å². The molecule has 0 spiro atoms. The third-order valence-corrected chi connectivity index (χ3v) is 10.3. The largest absolute Gasteiger partial charge is 0.456 e. The first kappa shape index (κ1) is 27.1. The first-order valence-corrected chi connectivity index (χ1v) is 16.5. The van der Waals surface area contributed by atoms with Crippen LogP contribution in [0.15, 0.2) is 160 Å². The first-order chi connectivity index (χ1) is 23.5. The van der Waals surface area contributed by atoms with Gasteiger partial charge in [-0.15, -0.1) is 0 Å². The molecule has 3 nitrogen and oxygen atoms in total. The van der Waals surface area contributed by atoms with Crippen LogP contribution >= 0.6 is 0 Å². The van der Waals surface area contributed by atoms with Crippen molar-refractivity contribution in [1.82, 2.24) is 0 Å². The van der Waals surface area contributed by atoms with E-state index in [-0.39, 0.29) is 5.41 Å². The molecule has 0 amide bonds. The average molecular weight is 618 g/mol. The number of nitrogens with zero attached hydrogens (tertiary/aromatic N) is 1. The van der Waals surface area contributed by atoms with Crippen molar-refractivity contribution < 1.29 is 8.83 Å². The molecule has 10 rings (SSSR count). The smallest absolute Gasteiger partial charge is 0.143 e. The van der Waals surface area contributed by atoms with E-state index in [4.69, 9.17) is 8.83 Å². The minimum Gasteiger partial charge on any atom is -0.456 e. The maximum Gasteiger partial charge on any atom is 0.143 e. The molecule has 1 aliphatic rings. The molecule has 0 fully saturated rings. The van der Waals surface area contributed by atoms with E-state index in [2.05, 4.69) is 152 Å². The van der Waals surface area contributed by atoms with Gasteiger partial charge < -0.3 is 13.7 Å². The summed E-state index contributed by atoms with van der Waals surface area (Å²) in [5.74, 6) is 0. The van der Waals surface area contributed by atoms with Crippen LogP contribution in [0.5, 0.6) is 0 Å². The zero-order chi connectivity index (χ0) is 32.0. The lowest BCUT2D eigenvalue weighted by Gasteiger charge is -2.27. The zero-order valence-electron chi connectivity index (χ0n) is 26.7. The van der Waals surface area contributed by atoms with Crippen molar-refractivity contribution in [1.29, 1.82) is 0 Å². The maximum atomic E-state index is 6.62. The SMILES string of the molecule is CC1(C)c2ccc(N(c3ccc(-c4ccccc4)cc3)c3ccc4c(c3)oc3ccccc34)cc2-c2c1ccc1c2oc2ccccc21. The normalized spacial score (nSPS) is 13.4. The fourth-order valence-electron chi connectivity index (χ4n) is 7.88. The number of fused-ring (bicyclic) bond motifs is 10. The van der Waals surface area contributed by atoms with Crippen molar-refractivity contribution in [2.24, 2.45) is 0 Å². The number of furan rings is 2. The third-order valence-electron chi connectivity index (χ3n) is 10.3. The Bertz CT molecular complexity index is 2690. The Morgan fingerprint density at radius 3 is 1.79 bits per heavy atom. The predicted molar refractivity (Wildman–Crippen MR) is 199 cm³/mol. The number of para-hydroxylation sites is 2. The highest BCUT2D eigenvalue weighted by atomic mass is 16.3. The highest BCUT2D eigenvalue weighted by Crippen LogP contribution is 2.54. The molecule has 3 heteroatoms. The summed E-state index contributed by atoms with van der Waals surface area (Å²) in [6, 6.07) is 54.0. The van der Waals surface area contributed by atoms with Crippen LogP contribution in [0, 0.1) is 0 Å². The predicted octanol–water partition coefficient (Wildman–Crippen LogP) is 12.9. The summed E-state index contributed by atoms with van der Waals surface area (Å²) in [5, 5.41) is 4.55. The monoisotopic (exact) mass is 617 g/mol. The molecule has 0 radical (unpaired) electrons. The lowest BCUT2D eigenvalue weighted by Crippen LogP contribution is -2.15. The van der Waals surface area contributed by atoms with Crippen LogP contribution in [0.3, 0.4) is 0 Å². The second kappa shape index (κ2) is 9.97. The van der Waals surface area contributed by atoms with E-state index in [1.54, 1.807) is 0 Å². The summed E-state index contributed by atoms with van der Waals surface area (Å²) in [4.78, 5) is 2.34. The molecular weight excluding hydrogens is 587 g/mol. The topological polar surface area (TPSA) is 29.5 Å². The summed E-state index contributed by atoms with van der Waals surface area (Å²) in [6.45, 7) is 4.64. The summed E-state index contributed by atoms with van der Waals surface area (Å²) in [6.07, 6.45) is 0. The van der Waals surface area contributed by atoms with Crippen LogP contribution < -0.4 is 4.90 Å². The lowest BCUT2D eigenvalue weighted by molar-refractivity contribution is 0.653. The first-order valence-electron chi connectivity index (χ1n) is 16.5. The van der Waals surface area contributed by atoms with Crippen LogP contribution in [0.1, 0.15) is 25.0 Å². The van der Waals surface area contributed by atoms with Crippen molar-refractivity contribution >= 4 is 60.9 Å². The van der Waals surface area contributed by atoms with Gasteiger partial charge in [0.1, 0.15) is 22.3 Å². The van der Waals surface area contributed by atoms with Crippen LogP contribution in [-0.4, -0.2) is 0 Å². The van der Waals surface area contributed by atoms with Crippen molar-refractivity contribution in [3.63, 3.8) is 0 Å². The number of anilines is 3. The Hall–Kier alpha value is -6.06. The fraction of sp³-hybridized carbons (Fsp3) is 0.0667. The number of benzene rings is 7. The molecule has 0 saturated carbocycles. The van der Waals surface area contributed by atoms with E-state index >= 15 is 0 Å². The molecule has 48 heavy (non-hydrogen) atoms. The Labute approximate surface area is 278 Å². The van der Waals surface area contributed by atoms with Gasteiger partial charge in [-0.3, -0.25) is 0 Å². The minimum atomic E-state index is -0.161. The zero-order valence-corrected chi connectivity index (χ0v) is 26.7. The van der Waals surface area contributed by atoms with Gasteiger partial charge >= 0.3 is 0 Å². The van der Waals surface area contributed by atoms with Gasteiger partial charge in [-0.25, -0.2) is 0 Å². The second-order valence-corrected chi connectivity index (χ2v) is 13.3. The summed E-state index contributed by atoms with van der Waals surface area (Å²) in [5.41, 5.74) is 14.1. The molecule has 2 heterocycles. The van der Waals surface area contributed by atoms with Gasteiger partial charge in [0.05, 0.1) is 0 Å². The van der Waals surface area contributed by atoms with Gasteiger partial charge in [-0.2, -0.15) is 0 Å². The van der Waals surface area contributed by atoms with Crippen molar-refractivity contribution in [2.45, 2.75) is 19.3 Å². The Kier molecular flexibility index (Phi) is 5.63. The quantitative estimate of drug-likeness (QED) is 0.197. The van der Waals surface area contributed by atoms with E-state index in [9.17, 15) is 0 Å². The second-order valence-electron chi connectivity index (χ2n) is 13.3. The van der Waals surface area contributed by atoms with Gasteiger partial charge in [0.25, 0.3) is 0 Å². The third kappa shape index (κ3) is 3.88. The van der Waals surface area contributed by atoms with Crippen LogP contribution in [-0.2, 0) is 5.41 Å². The van der Waals surface area contributed by atoms with E-state index in [1.165, 1.54) is 33.4 Å². The molecule has 7 aromatic carbocycles. The number of hydrogen-bond donors (Lipinski definition) is 0. The van der Waals surface area contributed by atoms with E-state index < -0.39 is 0 Å². The highest BCUT2D eigenvalue weighted by Gasteiger charge is 2.38. The van der Waals surface area contributed by atoms with Gasteiger partial charge in [0.2, 0.25) is 0 Å². The molecule has 0 unspecified atom stereocenters. The molecule has 0 atom stereocenters. The number of hydrogen-bond acceptors (Lipinski definition) is 3. The van der Waals surface area contributed by atoms with Gasteiger partial charge in [0.15, 0.2) is 0 Å². The molecule has 1 aliphatic carbocycles. The Balaban J connectivity index is 1.19. The van der Waals surface area contributed by atoms with Crippen molar-refractivity contribution in [2.75, 3.05) is 4.90 Å². The standard InChI is InChI=1S/C45H31NO2/c1-45(2)38-24-21-31(26-37(38)43-39(45)25-23-36-34-13-7-9-15-41(34)48-44(36)43)46(30-18-16-29(17-19-30)28-10-4-3-5-11-28)32-20-22-35-33-12-6-8-14-40(33)47-42(35)27-32/h3-27H,1-2H3. The molecule has 0 saturated heterocycles. The minimum absolute atomic E-state index is 0.161. The maximum absolute atomic E-state index is 6.62. The summed E-state index contributed by atoms with van der Waals surface area (Å²) in [7, 11) is 0. The molecule has 0 N–H and O–H groups in total. The van der Waals surface area contributed by atoms with Gasteiger partial charge in [-0.1, -0.05) is 111 Å². The van der Waals surface area contributed by atoms with Crippen molar-refractivity contribution in [3.8, 4) is 22.3 Å². The highest BCUT2D eigenvalue weighted by molar-refractivity contribution is 6.12. The Morgan fingerprint density at radius 1 is 0.438 bits per heavy atom. The lowest BCUT2D eigenvalue weighted by atomic mass is 9.82. The van der Waals surface area contributed by atoms with Gasteiger partial charge in [-0.05, 0) is 76.3 Å². The fourth-order valence-corrected chi connectivity index (χ4v) is 7.88. The molecule has 0 aliphatic heterocycles.